The molecule has 1 aromatic carbocycles. The van der Waals surface area contributed by atoms with Crippen molar-refractivity contribution in [3.05, 3.63) is 29.8 Å². The van der Waals surface area contributed by atoms with E-state index in [1.165, 1.54) is 6.92 Å². The minimum atomic E-state index is -0.442. The van der Waals surface area contributed by atoms with Crippen LogP contribution < -0.4 is 16.0 Å². The summed E-state index contributed by atoms with van der Waals surface area (Å²) in [5.74, 6) is -0.218. The van der Waals surface area contributed by atoms with Gasteiger partial charge >= 0.3 is 0 Å². The molecule has 1 aliphatic heterocycles. The average molecular weight is 277 g/mol. The summed E-state index contributed by atoms with van der Waals surface area (Å²) in [4.78, 5) is 22.7. The van der Waals surface area contributed by atoms with Crippen molar-refractivity contribution in [3.63, 3.8) is 0 Å². The van der Waals surface area contributed by atoms with E-state index in [-0.39, 0.29) is 17.9 Å². The number of carbonyl (C=O) groups excluding carboxylic acids is 2. The summed E-state index contributed by atoms with van der Waals surface area (Å²) in [6.07, 6.45) is 0.00973. The molecule has 2 atom stereocenters. The first-order valence-electron chi connectivity index (χ1n) is 6.60. The summed E-state index contributed by atoms with van der Waals surface area (Å²) in [7, 11) is 0. The highest BCUT2D eigenvalue weighted by Crippen LogP contribution is 2.10. The molecule has 1 heterocycles. The number of carbonyl (C=O) groups is 2. The molecule has 6 nitrogen and oxygen atoms in total. The van der Waals surface area contributed by atoms with Crippen LogP contribution in [0.15, 0.2) is 24.3 Å². The number of hydrogen-bond donors (Lipinski definition) is 4. The van der Waals surface area contributed by atoms with Gasteiger partial charge in [0.05, 0.1) is 12.1 Å². The van der Waals surface area contributed by atoms with E-state index in [1.54, 1.807) is 12.1 Å². The van der Waals surface area contributed by atoms with E-state index in [4.69, 9.17) is 0 Å². The minimum Gasteiger partial charge on any atom is -0.392 e. The molecule has 108 valence electrons. The van der Waals surface area contributed by atoms with Crippen LogP contribution in [0.3, 0.4) is 0 Å². The highest BCUT2D eigenvalue weighted by molar-refractivity contribution is 5.88. The number of aliphatic hydroxyl groups excluding tert-OH is 1. The van der Waals surface area contributed by atoms with E-state index < -0.39 is 6.10 Å². The standard InChI is InChI=1S/C14H19N3O3/c1-9(18)17-11-4-2-10(3-5-11)7-16-14(20)13-6-12(19)8-15-13/h2-5,12-13,15,19H,6-8H2,1H3,(H,16,20)(H,17,18). The van der Waals surface area contributed by atoms with Crippen LogP contribution in [0.25, 0.3) is 0 Å². The molecular weight excluding hydrogens is 258 g/mol. The second kappa shape index (κ2) is 6.49. The third-order valence-corrected chi connectivity index (χ3v) is 3.17. The van der Waals surface area contributed by atoms with Gasteiger partial charge in [0.25, 0.3) is 0 Å². The average Bonchev–Trinajstić information content (AvgIpc) is 2.84. The van der Waals surface area contributed by atoms with Crippen molar-refractivity contribution in [1.82, 2.24) is 10.6 Å². The van der Waals surface area contributed by atoms with Gasteiger partial charge in [0.1, 0.15) is 0 Å². The lowest BCUT2D eigenvalue weighted by atomic mass is 10.1. The Bertz CT molecular complexity index is 487. The van der Waals surface area contributed by atoms with Gasteiger partial charge in [-0.05, 0) is 24.1 Å². The highest BCUT2D eigenvalue weighted by Gasteiger charge is 2.27. The molecule has 4 N–H and O–H groups in total. The number of anilines is 1. The molecule has 0 spiro atoms. The van der Waals surface area contributed by atoms with Gasteiger partial charge in [0.2, 0.25) is 11.8 Å². The fourth-order valence-electron chi connectivity index (χ4n) is 2.14. The highest BCUT2D eigenvalue weighted by atomic mass is 16.3. The molecule has 2 rings (SSSR count). The Balaban J connectivity index is 1.81. The second-order valence-corrected chi connectivity index (χ2v) is 4.95. The van der Waals surface area contributed by atoms with Gasteiger partial charge < -0.3 is 21.1 Å². The summed E-state index contributed by atoms with van der Waals surface area (Å²) in [5, 5.41) is 17.8. The molecule has 6 heteroatoms. The topological polar surface area (TPSA) is 90.5 Å². The van der Waals surface area contributed by atoms with Crippen molar-refractivity contribution < 1.29 is 14.7 Å². The molecule has 0 aliphatic carbocycles. The van der Waals surface area contributed by atoms with Crippen molar-refractivity contribution in [2.75, 3.05) is 11.9 Å². The summed E-state index contributed by atoms with van der Waals surface area (Å²) in [6, 6.07) is 6.97. The van der Waals surface area contributed by atoms with E-state index >= 15 is 0 Å². The van der Waals surface area contributed by atoms with E-state index in [0.29, 0.717) is 19.5 Å². The quantitative estimate of drug-likeness (QED) is 0.623. The maximum absolute atomic E-state index is 11.8. The lowest BCUT2D eigenvalue weighted by molar-refractivity contribution is -0.123. The number of benzene rings is 1. The fraction of sp³-hybridized carbons (Fsp3) is 0.429. The van der Waals surface area contributed by atoms with Crippen LogP contribution in [0.2, 0.25) is 0 Å². The molecule has 0 aromatic heterocycles. The Morgan fingerprint density at radius 2 is 2.05 bits per heavy atom. The summed E-state index contributed by atoms with van der Waals surface area (Å²) < 4.78 is 0. The van der Waals surface area contributed by atoms with Gasteiger partial charge in [-0.15, -0.1) is 0 Å². The van der Waals surface area contributed by atoms with Gasteiger partial charge in [-0.3, -0.25) is 9.59 Å². The van der Waals surface area contributed by atoms with Crippen LogP contribution in [0.4, 0.5) is 5.69 Å². The van der Waals surface area contributed by atoms with Gasteiger partial charge in [-0.2, -0.15) is 0 Å². The molecular formula is C14H19N3O3. The van der Waals surface area contributed by atoms with Crippen molar-refractivity contribution in [2.24, 2.45) is 0 Å². The van der Waals surface area contributed by atoms with E-state index in [0.717, 1.165) is 11.3 Å². The van der Waals surface area contributed by atoms with Crippen LogP contribution in [0.1, 0.15) is 18.9 Å². The third-order valence-electron chi connectivity index (χ3n) is 3.17. The number of amides is 2. The molecule has 1 aliphatic rings. The van der Waals surface area contributed by atoms with Gasteiger partial charge in [0, 0.05) is 25.7 Å². The predicted molar refractivity (Wildman–Crippen MR) is 75.0 cm³/mol. The molecule has 1 saturated heterocycles. The van der Waals surface area contributed by atoms with Crippen LogP contribution in [-0.2, 0) is 16.1 Å². The van der Waals surface area contributed by atoms with Gasteiger partial charge in [-0.1, -0.05) is 12.1 Å². The number of β-amino-alcohol motifs (C(OH)–C–C–N with tert-alkyl or cyclic N) is 1. The van der Waals surface area contributed by atoms with Crippen molar-refractivity contribution in [1.29, 1.82) is 0 Å². The third kappa shape index (κ3) is 4.04. The van der Waals surface area contributed by atoms with Gasteiger partial charge in [-0.25, -0.2) is 0 Å². The SMILES string of the molecule is CC(=O)Nc1ccc(CNC(=O)C2CC(O)CN2)cc1. The van der Waals surface area contributed by atoms with Crippen LogP contribution >= 0.6 is 0 Å². The maximum Gasteiger partial charge on any atom is 0.237 e. The normalized spacial score (nSPS) is 21.5. The Hall–Kier alpha value is -1.92. The summed E-state index contributed by atoms with van der Waals surface area (Å²) in [5.41, 5.74) is 1.68. The van der Waals surface area contributed by atoms with E-state index in [9.17, 15) is 14.7 Å². The van der Waals surface area contributed by atoms with Crippen molar-refractivity contribution in [3.8, 4) is 0 Å². The zero-order valence-corrected chi connectivity index (χ0v) is 11.3. The lowest BCUT2D eigenvalue weighted by Gasteiger charge is -2.11. The predicted octanol–water partition coefficient (Wildman–Crippen LogP) is -0.0160. The summed E-state index contributed by atoms with van der Waals surface area (Å²) >= 11 is 0. The second-order valence-electron chi connectivity index (χ2n) is 4.95. The first-order chi connectivity index (χ1) is 9.54. The van der Waals surface area contributed by atoms with Crippen LogP contribution in [0, 0.1) is 0 Å². The maximum atomic E-state index is 11.8. The van der Waals surface area contributed by atoms with E-state index in [1.807, 2.05) is 12.1 Å². The Morgan fingerprint density at radius 1 is 1.35 bits per heavy atom. The molecule has 20 heavy (non-hydrogen) atoms. The zero-order chi connectivity index (χ0) is 14.5. The number of nitrogens with one attached hydrogen (secondary N) is 3. The number of rotatable bonds is 4. The Labute approximate surface area is 117 Å². The fourth-order valence-corrected chi connectivity index (χ4v) is 2.14. The first kappa shape index (κ1) is 14.5. The smallest absolute Gasteiger partial charge is 0.237 e. The lowest BCUT2D eigenvalue weighted by Crippen LogP contribution is -2.39. The molecule has 0 radical (unpaired) electrons. The first-order valence-corrected chi connectivity index (χ1v) is 6.60. The molecule has 0 saturated carbocycles. The number of aliphatic hydroxyl groups is 1. The van der Waals surface area contributed by atoms with Crippen LogP contribution in [-0.4, -0.2) is 35.6 Å². The Morgan fingerprint density at radius 3 is 2.60 bits per heavy atom. The number of hydrogen-bond acceptors (Lipinski definition) is 4. The molecule has 0 bridgehead atoms. The zero-order valence-electron chi connectivity index (χ0n) is 11.3. The molecule has 2 unspecified atom stereocenters. The van der Waals surface area contributed by atoms with Crippen molar-refractivity contribution >= 4 is 17.5 Å². The largest absolute Gasteiger partial charge is 0.392 e. The minimum absolute atomic E-state index is 0.104. The van der Waals surface area contributed by atoms with Crippen molar-refractivity contribution in [2.45, 2.75) is 32.0 Å². The molecule has 1 aromatic rings. The molecule has 1 fully saturated rings. The van der Waals surface area contributed by atoms with Crippen LogP contribution in [0.5, 0.6) is 0 Å². The monoisotopic (exact) mass is 277 g/mol. The summed E-state index contributed by atoms with van der Waals surface area (Å²) in [6.45, 7) is 2.34. The van der Waals surface area contributed by atoms with E-state index in [2.05, 4.69) is 16.0 Å². The van der Waals surface area contributed by atoms with Gasteiger partial charge in [0.15, 0.2) is 0 Å². The molecule has 2 amide bonds. The Kier molecular flexibility index (Phi) is 4.70.